The van der Waals surface area contributed by atoms with Crippen molar-refractivity contribution >= 4 is 43.4 Å². The number of rotatable bonds is 2. The van der Waals surface area contributed by atoms with Gasteiger partial charge >= 0.3 is 0 Å². The number of nitrogens with two attached hydrogens (primary N) is 1. The van der Waals surface area contributed by atoms with Gasteiger partial charge in [-0.25, -0.2) is 8.42 Å². The molecule has 7 heteroatoms. The maximum atomic E-state index is 12.5. The Labute approximate surface area is 121 Å². The van der Waals surface area contributed by atoms with Gasteiger partial charge in [0, 0.05) is 22.2 Å². The molecule has 0 radical (unpaired) electrons. The Morgan fingerprint density at radius 3 is 2.60 bits per heavy atom. The maximum absolute atomic E-state index is 12.5. The van der Waals surface area contributed by atoms with Crippen LogP contribution in [-0.4, -0.2) is 25.9 Å². The fourth-order valence-corrected chi connectivity index (χ4v) is 4.34. The molecular weight excluding hydrogens is 294 g/mol. The summed E-state index contributed by atoms with van der Waals surface area (Å²) in [7, 11) is -3.64. The van der Waals surface area contributed by atoms with Crippen LogP contribution in [0.4, 0.5) is 5.69 Å². The van der Waals surface area contributed by atoms with E-state index < -0.39 is 10.0 Å². The van der Waals surface area contributed by atoms with Crippen molar-refractivity contribution < 1.29 is 8.42 Å². The number of benzene rings is 2. The zero-order valence-electron chi connectivity index (χ0n) is 10.5. The molecule has 0 atom stereocenters. The van der Waals surface area contributed by atoms with E-state index in [-0.39, 0.29) is 4.90 Å². The van der Waals surface area contributed by atoms with E-state index in [1.54, 1.807) is 18.2 Å². The van der Waals surface area contributed by atoms with E-state index in [1.165, 1.54) is 17.8 Å². The number of aliphatic imine (C=N–C) groups is 1. The van der Waals surface area contributed by atoms with Crippen molar-refractivity contribution in [3.8, 4) is 0 Å². The summed E-state index contributed by atoms with van der Waals surface area (Å²) < 4.78 is 27.5. The van der Waals surface area contributed by atoms with Gasteiger partial charge in [-0.3, -0.25) is 9.71 Å². The number of hydrogen-bond acceptors (Lipinski definition) is 5. The third-order valence-electron chi connectivity index (χ3n) is 3.01. The number of amidine groups is 1. The predicted octanol–water partition coefficient (Wildman–Crippen LogP) is 1.80. The van der Waals surface area contributed by atoms with Gasteiger partial charge in [0.25, 0.3) is 10.0 Å². The van der Waals surface area contributed by atoms with Crippen LogP contribution in [0.3, 0.4) is 0 Å². The minimum atomic E-state index is -3.64. The van der Waals surface area contributed by atoms with Crippen molar-refractivity contribution in [3.05, 3.63) is 36.4 Å². The summed E-state index contributed by atoms with van der Waals surface area (Å²) in [4.78, 5) is 4.33. The number of nitrogens with one attached hydrogen (secondary N) is 1. The van der Waals surface area contributed by atoms with E-state index in [1.807, 2.05) is 12.1 Å². The third kappa shape index (κ3) is 2.34. The van der Waals surface area contributed by atoms with Crippen molar-refractivity contribution in [1.82, 2.24) is 4.72 Å². The zero-order chi connectivity index (χ0) is 14.2. The van der Waals surface area contributed by atoms with Gasteiger partial charge in [0.2, 0.25) is 0 Å². The minimum Gasteiger partial charge on any atom is -0.398 e. The second kappa shape index (κ2) is 4.99. The van der Waals surface area contributed by atoms with E-state index in [9.17, 15) is 8.42 Å². The highest BCUT2D eigenvalue weighted by atomic mass is 32.2. The Bertz CT molecular complexity index is 800. The predicted molar refractivity (Wildman–Crippen MR) is 83.4 cm³/mol. The monoisotopic (exact) mass is 307 g/mol. The highest BCUT2D eigenvalue weighted by Crippen LogP contribution is 2.28. The molecule has 0 saturated carbocycles. The van der Waals surface area contributed by atoms with Gasteiger partial charge in [-0.15, -0.1) is 0 Å². The van der Waals surface area contributed by atoms with Crippen molar-refractivity contribution in [2.75, 3.05) is 18.0 Å². The molecule has 0 saturated heterocycles. The quantitative estimate of drug-likeness (QED) is 0.829. The largest absolute Gasteiger partial charge is 0.398 e. The Kier molecular flexibility index (Phi) is 3.31. The molecule has 2 aromatic carbocycles. The van der Waals surface area contributed by atoms with Crippen LogP contribution in [0, 0.1) is 0 Å². The third-order valence-corrected chi connectivity index (χ3v) is 5.43. The summed E-state index contributed by atoms with van der Waals surface area (Å²) in [5.74, 6) is 0.806. The molecule has 0 unspecified atom stereocenters. The van der Waals surface area contributed by atoms with Crippen molar-refractivity contribution in [1.29, 1.82) is 0 Å². The van der Waals surface area contributed by atoms with Gasteiger partial charge in [0.1, 0.15) is 0 Å². The summed E-state index contributed by atoms with van der Waals surface area (Å²) in [6.07, 6.45) is 0. The average Bonchev–Trinajstić information content (AvgIpc) is 2.91. The molecule has 3 rings (SSSR count). The number of sulfonamides is 1. The first kappa shape index (κ1) is 13.3. The Morgan fingerprint density at radius 2 is 1.90 bits per heavy atom. The Hall–Kier alpha value is -1.73. The summed E-state index contributed by atoms with van der Waals surface area (Å²) in [5, 5.41) is 1.80. The first-order valence-electron chi connectivity index (χ1n) is 6.05. The molecule has 0 aliphatic carbocycles. The smallest absolute Gasteiger partial charge is 0.264 e. The zero-order valence-corrected chi connectivity index (χ0v) is 12.2. The van der Waals surface area contributed by atoms with E-state index >= 15 is 0 Å². The van der Waals surface area contributed by atoms with Crippen molar-refractivity contribution in [3.63, 3.8) is 0 Å². The van der Waals surface area contributed by atoms with Crippen LogP contribution in [0.15, 0.2) is 46.3 Å². The lowest BCUT2D eigenvalue weighted by Crippen LogP contribution is -2.27. The lowest BCUT2D eigenvalue weighted by Gasteiger charge is -2.11. The summed E-state index contributed by atoms with van der Waals surface area (Å²) >= 11 is 1.41. The van der Waals surface area contributed by atoms with Gasteiger partial charge < -0.3 is 5.73 Å². The van der Waals surface area contributed by atoms with E-state index in [4.69, 9.17) is 5.73 Å². The SMILES string of the molecule is Nc1ccc(S(=O)(=O)NC2=NCCS2)c2ccccc12. The molecule has 20 heavy (non-hydrogen) atoms. The fourth-order valence-electron chi connectivity index (χ4n) is 2.10. The molecule has 0 bridgehead atoms. The molecule has 0 amide bonds. The van der Waals surface area contributed by atoms with E-state index in [0.29, 0.717) is 22.8 Å². The van der Waals surface area contributed by atoms with Crippen LogP contribution in [0.1, 0.15) is 0 Å². The molecule has 0 fully saturated rings. The maximum Gasteiger partial charge on any atom is 0.264 e. The Balaban J connectivity index is 2.12. The molecule has 104 valence electrons. The molecular formula is C13H13N3O2S2. The first-order valence-corrected chi connectivity index (χ1v) is 8.52. The standard InChI is InChI=1S/C13H13N3O2S2/c14-11-5-6-12(10-4-2-1-3-9(10)11)20(17,18)16-13-15-7-8-19-13/h1-6H,7-8,14H2,(H,15,16). The molecule has 1 aliphatic rings. The summed E-state index contributed by atoms with van der Waals surface area (Å²) in [5.41, 5.74) is 6.45. The highest BCUT2D eigenvalue weighted by Gasteiger charge is 2.21. The number of nitrogen functional groups attached to an aromatic ring is 1. The lowest BCUT2D eigenvalue weighted by molar-refractivity contribution is 0.594. The van der Waals surface area contributed by atoms with Crippen molar-refractivity contribution in [2.45, 2.75) is 4.90 Å². The molecule has 2 aromatic rings. The van der Waals surface area contributed by atoms with Gasteiger partial charge in [-0.1, -0.05) is 36.0 Å². The summed E-state index contributed by atoms with van der Waals surface area (Å²) in [6, 6.07) is 10.3. The van der Waals surface area contributed by atoms with Crippen LogP contribution in [0.25, 0.3) is 10.8 Å². The van der Waals surface area contributed by atoms with Crippen molar-refractivity contribution in [2.24, 2.45) is 4.99 Å². The number of nitrogens with zero attached hydrogens (tertiary/aromatic N) is 1. The second-order valence-corrected chi connectivity index (χ2v) is 7.07. The minimum absolute atomic E-state index is 0.220. The van der Waals surface area contributed by atoms with Crippen LogP contribution < -0.4 is 10.5 Å². The van der Waals surface area contributed by atoms with Gasteiger partial charge in [0.05, 0.1) is 11.4 Å². The van der Waals surface area contributed by atoms with Gasteiger partial charge in [0.15, 0.2) is 5.17 Å². The van der Waals surface area contributed by atoms with Crippen LogP contribution >= 0.6 is 11.8 Å². The van der Waals surface area contributed by atoms with Crippen LogP contribution in [0.5, 0.6) is 0 Å². The molecule has 1 aliphatic heterocycles. The molecule has 3 N–H and O–H groups in total. The Morgan fingerprint density at radius 1 is 1.15 bits per heavy atom. The molecule has 1 heterocycles. The van der Waals surface area contributed by atoms with Crippen LogP contribution in [0.2, 0.25) is 0 Å². The summed E-state index contributed by atoms with van der Waals surface area (Å²) in [6.45, 7) is 0.644. The number of hydrogen-bond donors (Lipinski definition) is 2. The second-order valence-electron chi connectivity index (χ2n) is 4.34. The van der Waals surface area contributed by atoms with Gasteiger partial charge in [-0.05, 0) is 12.1 Å². The van der Waals surface area contributed by atoms with Crippen LogP contribution in [-0.2, 0) is 10.0 Å². The number of thioether (sulfide) groups is 1. The van der Waals surface area contributed by atoms with E-state index in [2.05, 4.69) is 9.71 Å². The van der Waals surface area contributed by atoms with Gasteiger partial charge in [-0.2, -0.15) is 0 Å². The lowest BCUT2D eigenvalue weighted by atomic mass is 10.1. The topological polar surface area (TPSA) is 84.5 Å². The van der Waals surface area contributed by atoms with E-state index in [0.717, 1.165) is 11.1 Å². The first-order chi connectivity index (χ1) is 9.58. The molecule has 0 spiro atoms. The number of fused-ring (bicyclic) bond motifs is 1. The normalized spacial score (nSPS) is 15.3. The number of anilines is 1. The molecule has 0 aromatic heterocycles. The average molecular weight is 307 g/mol. The highest BCUT2D eigenvalue weighted by molar-refractivity contribution is 8.15. The molecule has 5 nitrogen and oxygen atoms in total. The fraction of sp³-hybridized carbons (Fsp3) is 0.154.